The standard InChI is InChI=1S/C14H27N3O2/c1-4-16-13(18)11-5-7-17(8-6-11)14(19)12(15)9-10(2)3/h10-12H,4-9,15H2,1-3H3,(H,16,18). The van der Waals surface area contributed by atoms with Crippen LogP contribution in [0.5, 0.6) is 0 Å². The average Bonchev–Trinajstić information content (AvgIpc) is 2.37. The second-order valence-electron chi connectivity index (χ2n) is 5.73. The van der Waals surface area contributed by atoms with Gasteiger partial charge in [-0.15, -0.1) is 0 Å². The van der Waals surface area contributed by atoms with Gasteiger partial charge in [-0.1, -0.05) is 13.8 Å². The van der Waals surface area contributed by atoms with E-state index in [1.807, 2.05) is 11.8 Å². The van der Waals surface area contributed by atoms with Crippen LogP contribution in [0.1, 0.15) is 40.0 Å². The topological polar surface area (TPSA) is 75.4 Å². The van der Waals surface area contributed by atoms with Gasteiger partial charge in [-0.25, -0.2) is 0 Å². The summed E-state index contributed by atoms with van der Waals surface area (Å²) in [5.41, 5.74) is 5.92. The molecular formula is C14H27N3O2. The van der Waals surface area contributed by atoms with Crippen LogP contribution in [0.15, 0.2) is 0 Å². The lowest BCUT2D eigenvalue weighted by atomic mass is 9.94. The first kappa shape index (κ1) is 16.0. The van der Waals surface area contributed by atoms with Crippen molar-refractivity contribution in [1.29, 1.82) is 0 Å². The lowest BCUT2D eigenvalue weighted by Gasteiger charge is -2.33. The van der Waals surface area contributed by atoms with E-state index in [0.29, 0.717) is 25.6 Å². The Morgan fingerprint density at radius 1 is 1.32 bits per heavy atom. The fraction of sp³-hybridized carbons (Fsp3) is 0.857. The van der Waals surface area contributed by atoms with Crippen molar-refractivity contribution in [2.24, 2.45) is 17.6 Å². The number of nitrogens with two attached hydrogens (primary N) is 1. The van der Waals surface area contributed by atoms with E-state index in [9.17, 15) is 9.59 Å². The summed E-state index contributed by atoms with van der Waals surface area (Å²) in [6, 6.07) is -0.402. The zero-order valence-electron chi connectivity index (χ0n) is 12.3. The number of amides is 2. The highest BCUT2D eigenvalue weighted by Gasteiger charge is 2.29. The summed E-state index contributed by atoms with van der Waals surface area (Å²) in [7, 11) is 0. The number of likely N-dealkylation sites (tertiary alicyclic amines) is 1. The molecule has 1 heterocycles. The fourth-order valence-electron chi connectivity index (χ4n) is 2.52. The van der Waals surface area contributed by atoms with Crippen LogP contribution >= 0.6 is 0 Å². The molecule has 2 amide bonds. The molecule has 3 N–H and O–H groups in total. The van der Waals surface area contributed by atoms with Crippen LogP contribution in [-0.4, -0.2) is 42.4 Å². The zero-order valence-corrected chi connectivity index (χ0v) is 12.3. The van der Waals surface area contributed by atoms with Crippen LogP contribution in [0.2, 0.25) is 0 Å². The summed E-state index contributed by atoms with van der Waals surface area (Å²) in [5, 5.41) is 2.84. The molecule has 0 saturated carbocycles. The molecule has 5 heteroatoms. The molecule has 5 nitrogen and oxygen atoms in total. The molecule has 1 aliphatic heterocycles. The van der Waals surface area contributed by atoms with E-state index in [1.165, 1.54) is 0 Å². The van der Waals surface area contributed by atoms with Crippen LogP contribution < -0.4 is 11.1 Å². The van der Waals surface area contributed by atoms with Gasteiger partial charge in [0.15, 0.2) is 0 Å². The summed E-state index contributed by atoms with van der Waals surface area (Å²) >= 11 is 0. The fourth-order valence-corrected chi connectivity index (χ4v) is 2.52. The molecule has 0 aromatic rings. The number of nitrogens with zero attached hydrogens (tertiary/aromatic N) is 1. The summed E-state index contributed by atoms with van der Waals surface area (Å²) in [6.45, 7) is 8.00. The molecular weight excluding hydrogens is 242 g/mol. The van der Waals surface area contributed by atoms with Gasteiger partial charge in [-0.2, -0.15) is 0 Å². The number of hydrogen-bond donors (Lipinski definition) is 2. The molecule has 0 aromatic heterocycles. The number of nitrogens with one attached hydrogen (secondary N) is 1. The van der Waals surface area contributed by atoms with Crippen molar-refractivity contribution >= 4 is 11.8 Å². The van der Waals surface area contributed by atoms with Gasteiger partial charge in [0.2, 0.25) is 11.8 Å². The molecule has 1 atom stereocenters. The third-order valence-electron chi connectivity index (χ3n) is 3.57. The van der Waals surface area contributed by atoms with Gasteiger partial charge >= 0.3 is 0 Å². The lowest BCUT2D eigenvalue weighted by Crippen LogP contribution is -2.49. The average molecular weight is 269 g/mol. The maximum Gasteiger partial charge on any atom is 0.239 e. The van der Waals surface area contributed by atoms with Gasteiger partial charge in [0.05, 0.1) is 6.04 Å². The molecule has 0 aromatic carbocycles. The summed E-state index contributed by atoms with van der Waals surface area (Å²) in [6.07, 6.45) is 2.20. The highest BCUT2D eigenvalue weighted by Crippen LogP contribution is 2.18. The monoisotopic (exact) mass is 269 g/mol. The van der Waals surface area contributed by atoms with Crippen molar-refractivity contribution in [2.45, 2.75) is 46.1 Å². The van der Waals surface area contributed by atoms with Crippen molar-refractivity contribution in [3.63, 3.8) is 0 Å². The van der Waals surface area contributed by atoms with Crippen LogP contribution in [-0.2, 0) is 9.59 Å². The number of piperidine rings is 1. The van der Waals surface area contributed by atoms with E-state index in [-0.39, 0.29) is 17.7 Å². The predicted octanol–water partition coefficient (Wildman–Crippen LogP) is 0.735. The molecule has 1 aliphatic rings. The predicted molar refractivity (Wildman–Crippen MR) is 75.4 cm³/mol. The van der Waals surface area contributed by atoms with Crippen molar-refractivity contribution in [3.8, 4) is 0 Å². The smallest absolute Gasteiger partial charge is 0.239 e. The number of carbonyl (C=O) groups excluding carboxylic acids is 2. The van der Waals surface area contributed by atoms with Crippen molar-refractivity contribution in [1.82, 2.24) is 10.2 Å². The van der Waals surface area contributed by atoms with Gasteiger partial charge in [0.1, 0.15) is 0 Å². The van der Waals surface area contributed by atoms with Gasteiger partial charge in [0, 0.05) is 25.6 Å². The van der Waals surface area contributed by atoms with Crippen molar-refractivity contribution < 1.29 is 9.59 Å². The first-order valence-corrected chi connectivity index (χ1v) is 7.27. The van der Waals surface area contributed by atoms with Gasteiger partial charge < -0.3 is 16.0 Å². The molecule has 19 heavy (non-hydrogen) atoms. The molecule has 1 saturated heterocycles. The SMILES string of the molecule is CCNC(=O)C1CCN(C(=O)C(N)CC(C)C)CC1. The third kappa shape index (κ3) is 4.82. The Balaban J connectivity index is 2.40. The molecule has 110 valence electrons. The van der Waals surface area contributed by atoms with Crippen LogP contribution in [0, 0.1) is 11.8 Å². The summed E-state index contributed by atoms with van der Waals surface area (Å²) in [4.78, 5) is 25.7. The molecule has 1 rings (SSSR count). The van der Waals surface area contributed by atoms with Gasteiger partial charge in [-0.05, 0) is 32.1 Å². The number of carbonyl (C=O) groups is 2. The van der Waals surface area contributed by atoms with Crippen LogP contribution in [0.4, 0.5) is 0 Å². The van der Waals surface area contributed by atoms with Crippen LogP contribution in [0.3, 0.4) is 0 Å². The quantitative estimate of drug-likeness (QED) is 0.773. The van der Waals surface area contributed by atoms with E-state index in [4.69, 9.17) is 5.73 Å². The maximum absolute atomic E-state index is 12.1. The normalized spacial score (nSPS) is 18.5. The van der Waals surface area contributed by atoms with E-state index in [0.717, 1.165) is 19.3 Å². The Morgan fingerprint density at radius 2 is 1.89 bits per heavy atom. The molecule has 1 fully saturated rings. The Bertz CT molecular complexity index is 310. The lowest BCUT2D eigenvalue weighted by molar-refractivity contribution is -0.137. The second-order valence-corrected chi connectivity index (χ2v) is 5.73. The minimum absolute atomic E-state index is 0.0306. The molecule has 1 unspecified atom stereocenters. The zero-order chi connectivity index (χ0) is 14.4. The van der Waals surface area contributed by atoms with Gasteiger partial charge in [0.25, 0.3) is 0 Å². The molecule has 0 aliphatic carbocycles. The van der Waals surface area contributed by atoms with E-state index in [1.54, 1.807) is 0 Å². The number of hydrogen-bond acceptors (Lipinski definition) is 3. The maximum atomic E-state index is 12.1. The Morgan fingerprint density at radius 3 is 2.37 bits per heavy atom. The number of rotatable bonds is 5. The minimum Gasteiger partial charge on any atom is -0.356 e. The van der Waals surface area contributed by atoms with Crippen molar-refractivity contribution in [2.75, 3.05) is 19.6 Å². The Labute approximate surface area is 115 Å². The molecule has 0 spiro atoms. The van der Waals surface area contributed by atoms with E-state index in [2.05, 4.69) is 19.2 Å². The first-order valence-electron chi connectivity index (χ1n) is 7.27. The Hall–Kier alpha value is -1.10. The highest BCUT2D eigenvalue weighted by atomic mass is 16.2. The third-order valence-corrected chi connectivity index (χ3v) is 3.57. The van der Waals surface area contributed by atoms with Gasteiger partial charge in [-0.3, -0.25) is 9.59 Å². The van der Waals surface area contributed by atoms with E-state index < -0.39 is 6.04 Å². The molecule has 0 bridgehead atoms. The largest absolute Gasteiger partial charge is 0.356 e. The minimum atomic E-state index is -0.402. The van der Waals surface area contributed by atoms with Crippen molar-refractivity contribution in [3.05, 3.63) is 0 Å². The first-order chi connectivity index (χ1) is 8.95. The second kappa shape index (κ2) is 7.48. The van der Waals surface area contributed by atoms with E-state index >= 15 is 0 Å². The molecule has 0 radical (unpaired) electrons. The summed E-state index contributed by atoms with van der Waals surface area (Å²) < 4.78 is 0. The Kier molecular flexibility index (Phi) is 6.28. The highest BCUT2D eigenvalue weighted by molar-refractivity contribution is 5.82. The van der Waals surface area contributed by atoms with Crippen LogP contribution in [0.25, 0.3) is 0 Å². The summed E-state index contributed by atoms with van der Waals surface area (Å²) in [5.74, 6) is 0.612.